The Morgan fingerprint density at radius 3 is 1.41 bits per heavy atom. The molecule has 1 fully saturated rings. The highest BCUT2D eigenvalue weighted by Crippen LogP contribution is 2.13. The fraction of sp³-hybridized carbons (Fsp3) is 1.00. The first-order chi connectivity index (χ1) is 19.3. The van der Waals surface area contributed by atoms with Gasteiger partial charge in [-0.05, 0) is 12.8 Å². The van der Waals surface area contributed by atoms with Crippen LogP contribution in [-0.2, 0) is 23.7 Å². The summed E-state index contributed by atoms with van der Waals surface area (Å²) >= 11 is 0. The van der Waals surface area contributed by atoms with Crippen molar-refractivity contribution in [2.75, 3.05) is 52.9 Å². The van der Waals surface area contributed by atoms with E-state index < -0.39 is 6.10 Å². The zero-order valence-electron chi connectivity index (χ0n) is 26.0. The van der Waals surface area contributed by atoms with Crippen LogP contribution in [0.4, 0.5) is 0 Å². The van der Waals surface area contributed by atoms with Crippen LogP contribution in [0, 0.1) is 0 Å². The highest BCUT2D eigenvalue weighted by Gasteiger charge is 2.23. The monoisotopic (exact) mass is 558 g/mol. The van der Waals surface area contributed by atoms with E-state index in [0.717, 1.165) is 19.4 Å². The third-order valence-electron chi connectivity index (χ3n) is 7.50. The van der Waals surface area contributed by atoms with Crippen LogP contribution >= 0.6 is 0 Å². The molecule has 6 heteroatoms. The standard InChI is InChI=1S/C33H66O6/c1-3-5-7-9-11-13-15-17-19-21-23-35-25-31(34)26-37-28-33-30-38-29-32(39-33)27-36-24-22-20-18-16-14-12-10-8-6-4-2/h31-34H,3-30H2,1-2H3. The van der Waals surface area contributed by atoms with E-state index in [9.17, 15) is 5.11 Å². The van der Waals surface area contributed by atoms with Crippen molar-refractivity contribution in [1.82, 2.24) is 0 Å². The maximum absolute atomic E-state index is 10.1. The Morgan fingerprint density at radius 1 is 0.538 bits per heavy atom. The average Bonchev–Trinajstić information content (AvgIpc) is 2.94. The van der Waals surface area contributed by atoms with E-state index in [-0.39, 0.29) is 18.8 Å². The second-order valence-corrected chi connectivity index (χ2v) is 11.6. The normalized spacial score (nSPS) is 18.5. The lowest BCUT2D eigenvalue weighted by molar-refractivity contribution is -0.176. The molecule has 1 N–H and O–H groups in total. The third-order valence-corrected chi connectivity index (χ3v) is 7.50. The molecule has 0 aromatic rings. The molecule has 0 saturated carbocycles. The number of aliphatic hydroxyl groups is 1. The van der Waals surface area contributed by atoms with Gasteiger partial charge in [-0.1, -0.05) is 129 Å². The van der Waals surface area contributed by atoms with Crippen LogP contribution in [0.5, 0.6) is 0 Å². The van der Waals surface area contributed by atoms with E-state index in [1.54, 1.807) is 0 Å². The van der Waals surface area contributed by atoms with Crippen molar-refractivity contribution in [2.45, 2.75) is 161 Å². The zero-order valence-corrected chi connectivity index (χ0v) is 26.0. The minimum Gasteiger partial charge on any atom is -0.388 e. The van der Waals surface area contributed by atoms with Crippen LogP contribution in [0.15, 0.2) is 0 Å². The van der Waals surface area contributed by atoms with Crippen molar-refractivity contribution in [3.05, 3.63) is 0 Å². The molecule has 1 saturated heterocycles. The molecule has 1 aliphatic heterocycles. The highest BCUT2D eigenvalue weighted by atomic mass is 16.6. The van der Waals surface area contributed by atoms with Gasteiger partial charge in [0, 0.05) is 13.2 Å². The summed E-state index contributed by atoms with van der Waals surface area (Å²) in [6, 6.07) is 0. The van der Waals surface area contributed by atoms with Crippen LogP contribution in [-0.4, -0.2) is 76.3 Å². The largest absolute Gasteiger partial charge is 0.388 e. The van der Waals surface area contributed by atoms with Crippen molar-refractivity contribution in [3.8, 4) is 0 Å². The summed E-state index contributed by atoms with van der Waals surface area (Å²) in [7, 11) is 0. The summed E-state index contributed by atoms with van der Waals surface area (Å²) in [6.45, 7) is 8.73. The molecule has 1 rings (SSSR count). The van der Waals surface area contributed by atoms with Crippen LogP contribution in [0.1, 0.15) is 142 Å². The maximum Gasteiger partial charge on any atom is 0.105 e. The van der Waals surface area contributed by atoms with Gasteiger partial charge in [-0.3, -0.25) is 0 Å². The molecule has 0 spiro atoms. The molecule has 1 heterocycles. The quantitative estimate of drug-likeness (QED) is 0.0901. The van der Waals surface area contributed by atoms with Crippen LogP contribution in [0.25, 0.3) is 0 Å². The van der Waals surface area contributed by atoms with Gasteiger partial charge in [-0.25, -0.2) is 0 Å². The lowest BCUT2D eigenvalue weighted by atomic mass is 10.1. The number of ether oxygens (including phenoxy) is 5. The summed E-state index contributed by atoms with van der Waals surface area (Å²) in [5.41, 5.74) is 0. The Labute approximate surface area is 242 Å². The van der Waals surface area contributed by atoms with Crippen LogP contribution < -0.4 is 0 Å². The third kappa shape index (κ3) is 25.2. The lowest BCUT2D eigenvalue weighted by Gasteiger charge is -2.30. The van der Waals surface area contributed by atoms with Gasteiger partial charge in [0.25, 0.3) is 0 Å². The highest BCUT2D eigenvalue weighted by molar-refractivity contribution is 4.68. The molecule has 3 unspecified atom stereocenters. The van der Waals surface area contributed by atoms with Crippen molar-refractivity contribution in [1.29, 1.82) is 0 Å². The molecule has 39 heavy (non-hydrogen) atoms. The Kier molecular flexibility index (Phi) is 27.6. The zero-order chi connectivity index (χ0) is 28.1. The van der Waals surface area contributed by atoms with Gasteiger partial charge in [-0.2, -0.15) is 0 Å². The predicted molar refractivity (Wildman–Crippen MR) is 162 cm³/mol. The molecule has 1 aliphatic rings. The van der Waals surface area contributed by atoms with Crippen molar-refractivity contribution >= 4 is 0 Å². The van der Waals surface area contributed by atoms with Gasteiger partial charge in [0.05, 0.1) is 39.6 Å². The smallest absolute Gasteiger partial charge is 0.105 e. The molecule has 0 amide bonds. The topological polar surface area (TPSA) is 66.4 Å². The van der Waals surface area contributed by atoms with Crippen LogP contribution in [0.2, 0.25) is 0 Å². The molecule has 3 atom stereocenters. The summed E-state index contributed by atoms with van der Waals surface area (Å²) in [4.78, 5) is 0. The Bertz CT molecular complexity index is 477. The first kappa shape index (κ1) is 36.8. The second kappa shape index (κ2) is 29.3. The fourth-order valence-corrected chi connectivity index (χ4v) is 5.06. The van der Waals surface area contributed by atoms with Crippen molar-refractivity contribution < 1.29 is 28.8 Å². The molecule has 6 nitrogen and oxygen atoms in total. The number of aliphatic hydroxyl groups excluding tert-OH is 1. The van der Waals surface area contributed by atoms with Crippen molar-refractivity contribution in [3.63, 3.8) is 0 Å². The Balaban J connectivity index is 1.86. The molecule has 0 aromatic heterocycles. The fourth-order valence-electron chi connectivity index (χ4n) is 5.06. The van der Waals surface area contributed by atoms with Crippen LogP contribution in [0.3, 0.4) is 0 Å². The van der Waals surface area contributed by atoms with E-state index in [0.29, 0.717) is 39.6 Å². The second-order valence-electron chi connectivity index (χ2n) is 11.6. The average molecular weight is 559 g/mol. The molecular weight excluding hydrogens is 492 g/mol. The van der Waals surface area contributed by atoms with Gasteiger partial charge in [0.2, 0.25) is 0 Å². The van der Waals surface area contributed by atoms with Gasteiger partial charge in [0.1, 0.15) is 18.3 Å². The SMILES string of the molecule is CCCCCCCCCCCCOCC(O)COCC1COCC(COCCCCCCCCCCCC)O1. The van der Waals surface area contributed by atoms with Gasteiger partial charge < -0.3 is 28.8 Å². The van der Waals surface area contributed by atoms with Gasteiger partial charge in [-0.15, -0.1) is 0 Å². The maximum atomic E-state index is 10.1. The summed E-state index contributed by atoms with van der Waals surface area (Å²) in [5, 5.41) is 10.1. The van der Waals surface area contributed by atoms with E-state index in [1.165, 1.54) is 116 Å². The minimum absolute atomic E-state index is 0.0372. The first-order valence-corrected chi connectivity index (χ1v) is 16.9. The molecule has 0 bridgehead atoms. The molecule has 0 aromatic carbocycles. The van der Waals surface area contributed by atoms with E-state index in [1.807, 2.05) is 0 Å². The summed E-state index contributed by atoms with van der Waals surface area (Å²) in [6.07, 6.45) is 25.7. The molecular formula is C33H66O6. The first-order valence-electron chi connectivity index (χ1n) is 16.9. The molecule has 0 aliphatic carbocycles. The summed E-state index contributed by atoms with van der Waals surface area (Å²) in [5.74, 6) is 0. The number of hydrogen-bond donors (Lipinski definition) is 1. The van der Waals surface area contributed by atoms with E-state index in [4.69, 9.17) is 23.7 Å². The Hall–Kier alpha value is -0.240. The number of hydrogen-bond acceptors (Lipinski definition) is 6. The summed E-state index contributed by atoms with van der Waals surface area (Å²) < 4.78 is 28.9. The molecule has 234 valence electrons. The predicted octanol–water partition coefficient (Wildman–Crippen LogP) is 8.02. The molecule has 0 radical (unpaired) electrons. The van der Waals surface area contributed by atoms with Crippen molar-refractivity contribution in [2.24, 2.45) is 0 Å². The van der Waals surface area contributed by atoms with E-state index in [2.05, 4.69) is 13.8 Å². The van der Waals surface area contributed by atoms with Gasteiger partial charge in [0.15, 0.2) is 0 Å². The minimum atomic E-state index is -0.599. The Morgan fingerprint density at radius 2 is 0.923 bits per heavy atom. The van der Waals surface area contributed by atoms with E-state index >= 15 is 0 Å². The number of rotatable bonds is 30. The van der Waals surface area contributed by atoms with Gasteiger partial charge >= 0.3 is 0 Å². The number of unbranched alkanes of at least 4 members (excludes halogenated alkanes) is 18. The lowest BCUT2D eigenvalue weighted by Crippen LogP contribution is -2.41.